The van der Waals surface area contributed by atoms with Crippen LogP contribution in [0.1, 0.15) is 37.9 Å². The molecule has 2 atom stereocenters. The van der Waals surface area contributed by atoms with Crippen LogP contribution in [0.5, 0.6) is 0 Å². The largest absolute Gasteiger partial charge is 0.465 e. The molecule has 1 aliphatic rings. The monoisotopic (exact) mass is 540 g/mol. The molecule has 36 heavy (non-hydrogen) atoms. The lowest BCUT2D eigenvalue weighted by Gasteiger charge is -2.37. The lowest BCUT2D eigenvalue weighted by molar-refractivity contribution is -0.384. The normalized spacial score (nSPS) is 16.7. The number of nitrogens with zero attached hydrogens (tertiary/aromatic N) is 3. The topological polar surface area (TPSA) is 108 Å². The highest BCUT2D eigenvalue weighted by molar-refractivity contribution is 6.42. The van der Waals surface area contributed by atoms with Gasteiger partial charge in [0.2, 0.25) is 0 Å². The number of non-ortho nitro benzene ring substituents is 1. The van der Waals surface area contributed by atoms with Crippen molar-refractivity contribution in [3.05, 3.63) is 73.8 Å². The van der Waals surface area contributed by atoms with Crippen molar-refractivity contribution >= 4 is 35.0 Å². The first kappa shape index (κ1) is 29.8. The van der Waals surface area contributed by atoms with Gasteiger partial charge in [0.15, 0.2) is 0 Å². The molecule has 1 amide bonds. The first-order valence-electron chi connectivity index (χ1n) is 11.9. The van der Waals surface area contributed by atoms with Crippen LogP contribution < -0.4 is 5.32 Å². The van der Waals surface area contributed by atoms with E-state index in [1.807, 2.05) is 6.07 Å². The number of halogens is 2. The van der Waals surface area contributed by atoms with E-state index in [4.69, 9.17) is 27.9 Å². The van der Waals surface area contributed by atoms with Crippen molar-refractivity contribution in [2.24, 2.45) is 0 Å². The van der Waals surface area contributed by atoms with Gasteiger partial charge in [-0.2, -0.15) is 0 Å². The molecule has 0 radical (unpaired) electrons. The molecule has 2 aromatic carbocycles. The van der Waals surface area contributed by atoms with Crippen molar-refractivity contribution in [2.45, 2.75) is 39.5 Å². The second-order valence-corrected chi connectivity index (χ2v) is 9.10. The van der Waals surface area contributed by atoms with E-state index in [2.05, 4.69) is 35.9 Å². The van der Waals surface area contributed by atoms with E-state index in [9.17, 15) is 20.0 Å². The Kier molecular flexibility index (Phi) is 12.4. The molecule has 0 spiro atoms. The van der Waals surface area contributed by atoms with Crippen LogP contribution in [-0.2, 0) is 11.3 Å². The Morgan fingerprint density at radius 2 is 1.81 bits per heavy atom. The highest BCUT2D eigenvalue weighted by Crippen LogP contribution is 2.27. The summed E-state index contributed by atoms with van der Waals surface area (Å²) in [6, 6.07) is 10.6. The van der Waals surface area contributed by atoms with Crippen molar-refractivity contribution in [1.29, 1.82) is 0 Å². The second kappa shape index (κ2) is 15.0. The molecular formula is C25H34Cl2N4O5. The Bertz CT molecular complexity index is 983. The van der Waals surface area contributed by atoms with Gasteiger partial charge in [-0.1, -0.05) is 62.2 Å². The van der Waals surface area contributed by atoms with Gasteiger partial charge in [-0.05, 0) is 42.9 Å². The number of hydrogen-bond acceptors (Lipinski definition) is 6. The summed E-state index contributed by atoms with van der Waals surface area (Å²) in [5.41, 5.74) is 1.52. The average Bonchev–Trinajstić information content (AvgIpc) is 2.86. The van der Waals surface area contributed by atoms with Crippen LogP contribution in [0, 0.1) is 10.1 Å². The van der Waals surface area contributed by atoms with E-state index < -0.39 is 23.2 Å². The minimum atomic E-state index is -1.20. The zero-order valence-electron chi connectivity index (χ0n) is 20.8. The minimum absolute atomic E-state index is 0.0615. The third-order valence-electron chi connectivity index (χ3n) is 6.02. The highest BCUT2D eigenvalue weighted by Gasteiger charge is 2.31. The van der Waals surface area contributed by atoms with Gasteiger partial charge in [0, 0.05) is 31.8 Å². The number of amides is 1. The first-order chi connectivity index (χ1) is 17.2. The predicted molar refractivity (Wildman–Crippen MR) is 142 cm³/mol. The molecule has 1 fully saturated rings. The van der Waals surface area contributed by atoms with Crippen LogP contribution in [0.4, 0.5) is 10.5 Å². The fourth-order valence-corrected chi connectivity index (χ4v) is 4.29. The van der Waals surface area contributed by atoms with Crippen molar-refractivity contribution in [2.75, 3.05) is 39.3 Å². The number of carboxylic acid groups (broad SMARTS) is 1. The average molecular weight is 541 g/mol. The molecule has 0 aromatic heterocycles. The second-order valence-electron chi connectivity index (χ2n) is 8.29. The third kappa shape index (κ3) is 9.22. The van der Waals surface area contributed by atoms with E-state index in [0.29, 0.717) is 41.8 Å². The molecule has 1 aliphatic heterocycles. The number of rotatable bonds is 9. The molecule has 0 saturated carbocycles. The summed E-state index contributed by atoms with van der Waals surface area (Å²) in [5.74, 6) is 0. The summed E-state index contributed by atoms with van der Waals surface area (Å²) in [5, 5.41) is 23.6. The zero-order valence-corrected chi connectivity index (χ0v) is 22.3. The summed E-state index contributed by atoms with van der Waals surface area (Å²) in [6.07, 6.45) is -1.65. The Balaban J connectivity index is 0.000000572. The van der Waals surface area contributed by atoms with Crippen molar-refractivity contribution in [3.63, 3.8) is 0 Å². The maximum atomic E-state index is 11.3. The van der Waals surface area contributed by atoms with Crippen molar-refractivity contribution in [3.8, 4) is 0 Å². The Morgan fingerprint density at radius 3 is 2.31 bits per heavy atom. The summed E-state index contributed by atoms with van der Waals surface area (Å²) < 4.78 is 5.84. The molecule has 2 unspecified atom stereocenters. The number of ether oxygens (including phenoxy) is 1. The summed E-state index contributed by atoms with van der Waals surface area (Å²) in [7, 11) is 0. The number of nitrogens with one attached hydrogen (secondary N) is 1. The molecule has 1 heterocycles. The van der Waals surface area contributed by atoms with Gasteiger partial charge in [-0.25, -0.2) is 4.79 Å². The van der Waals surface area contributed by atoms with Crippen LogP contribution in [0.15, 0.2) is 42.5 Å². The molecule has 2 N–H and O–H groups in total. The Labute approximate surface area is 222 Å². The van der Waals surface area contributed by atoms with Gasteiger partial charge in [0.05, 0.1) is 33.7 Å². The van der Waals surface area contributed by atoms with Crippen LogP contribution in [0.3, 0.4) is 0 Å². The quantitative estimate of drug-likeness (QED) is 0.321. The molecule has 3 rings (SSSR count). The van der Waals surface area contributed by atoms with E-state index >= 15 is 0 Å². The number of benzene rings is 2. The Morgan fingerprint density at radius 1 is 1.17 bits per heavy atom. The van der Waals surface area contributed by atoms with Crippen LogP contribution in [0.25, 0.3) is 0 Å². The predicted octanol–water partition coefficient (Wildman–Crippen LogP) is 5.46. The van der Waals surface area contributed by atoms with E-state index in [0.717, 1.165) is 5.56 Å². The van der Waals surface area contributed by atoms with Gasteiger partial charge < -0.3 is 20.1 Å². The smallest absolute Gasteiger partial charge is 0.405 e. The lowest BCUT2D eigenvalue weighted by atomic mass is 9.99. The van der Waals surface area contributed by atoms with Gasteiger partial charge in [-0.3, -0.25) is 15.0 Å². The molecule has 198 valence electrons. The first-order valence-corrected chi connectivity index (χ1v) is 12.7. The summed E-state index contributed by atoms with van der Waals surface area (Å²) in [4.78, 5) is 26.2. The van der Waals surface area contributed by atoms with Crippen LogP contribution in [0.2, 0.25) is 10.0 Å². The molecule has 2 aromatic rings. The standard InChI is InChI=1S/C19H19Cl2N3O5.C6H15N/c20-15-6-1-12(9-16(15)21)10-23-7-8-29-17(11-23)18(22-19(25)26)13-2-4-14(5-3-13)24(27)28;1-4-7(5-2)6-3/h1-6,9,17-18,22H,7-8,10-11H2,(H,25,26);4-6H2,1-3H3. The van der Waals surface area contributed by atoms with E-state index in [1.165, 1.54) is 31.8 Å². The molecule has 11 heteroatoms. The lowest BCUT2D eigenvalue weighted by Crippen LogP contribution is -2.48. The number of morpholine rings is 1. The van der Waals surface area contributed by atoms with E-state index in [1.54, 1.807) is 24.3 Å². The summed E-state index contributed by atoms with van der Waals surface area (Å²) in [6.45, 7) is 12.3. The third-order valence-corrected chi connectivity index (χ3v) is 6.76. The minimum Gasteiger partial charge on any atom is -0.465 e. The number of hydrogen-bond donors (Lipinski definition) is 2. The number of carbonyl (C=O) groups is 1. The Hall–Kier alpha value is -2.43. The zero-order chi connectivity index (χ0) is 26.7. The molecule has 0 bridgehead atoms. The van der Waals surface area contributed by atoms with Crippen molar-refractivity contribution in [1.82, 2.24) is 15.1 Å². The van der Waals surface area contributed by atoms with Crippen LogP contribution in [-0.4, -0.2) is 71.4 Å². The number of nitro groups is 1. The molecule has 9 nitrogen and oxygen atoms in total. The van der Waals surface area contributed by atoms with Gasteiger partial charge in [0.1, 0.15) is 0 Å². The number of nitro benzene ring substituents is 1. The van der Waals surface area contributed by atoms with E-state index in [-0.39, 0.29) is 5.69 Å². The molecule has 0 aliphatic carbocycles. The summed E-state index contributed by atoms with van der Waals surface area (Å²) >= 11 is 12.0. The maximum Gasteiger partial charge on any atom is 0.405 e. The van der Waals surface area contributed by atoms with Crippen LogP contribution >= 0.6 is 23.2 Å². The van der Waals surface area contributed by atoms with Gasteiger partial charge in [-0.15, -0.1) is 0 Å². The molecular weight excluding hydrogens is 507 g/mol. The van der Waals surface area contributed by atoms with Gasteiger partial charge >= 0.3 is 6.09 Å². The fourth-order valence-electron chi connectivity index (χ4n) is 3.97. The fraction of sp³-hybridized carbons (Fsp3) is 0.480. The molecule has 1 saturated heterocycles. The van der Waals surface area contributed by atoms with Gasteiger partial charge in [0.25, 0.3) is 5.69 Å². The SMILES string of the molecule is CCN(CC)CC.O=C(O)NC(c1ccc([N+](=O)[O-])cc1)C1CN(Cc2ccc(Cl)c(Cl)c2)CCO1. The highest BCUT2D eigenvalue weighted by atomic mass is 35.5. The maximum absolute atomic E-state index is 11.3. The van der Waals surface area contributed by atoms with Crippen molar-refractivity contribution < 1.29 is 19.6 Å².